The van der Waals surface area contributed by atoms with Crippen molar-refractivity contribution in [2.45, 2.75) is 6.92 Å². The molecule has 0 radical (unpaired) electrons. The fraction of sp³-hybridized carbons (Fsp3) is 0.0714. The molecule has 0 saturated heterocycles. The molecule has 0 aliphatic carbocycles. The molecule has 3 heterocycles. The van der Waals surface area contributed by atoms with Crippen molar-refractivity contribution in [1.82, 2.24) is 19.8 Å². The van der Waals surface area contributed by atoms with Gasteiger partial charge in [0.1, 0.15) is 0 Å². The Morgan fingerprint density at radius 2 is 2.00 bits per heavy atom. The number of furan rings is 1. The van der Waals surface area contributed by atoms with E-state index in [0.717, 1.165) is 32.7 Å². The van der Waals surface area contributed by atoms with Crippen LogP contribution in [-0.2, 0) is 0 Å². The maximum Gasteiger partial charge on any atom is 0.235 e. The van der Waals surface area contributed by atoms with Crippen molar-refractivity contribution in [1.29, 1.82) is 0 Å². The van der Waals surface area contributed by atoms with Crippen LogP contribution in [0, 0.1) is 6.92 Å². The van der Waals surface area contributed by atoms with Crippen LogP contribution in [0.4, 0.5) is 0 Å². The molecule has 0 atom stereocenters. The van der Waals surface area contributed by atoms with E-state index in [1.807, 2.05) is 30.3 Å². The third kappa shape index (κ3) is 1.65. The lowest BCUT2D eigenvalue weighted by Gasteiger charge is -2.00. The van der Waals surface area contributed by atoms with Gasteiger partial charge < -0.3 is 4.42 Å². The zero-order chi connectivity index (χ0) is 13.5. The summed E-state index contributed by atoms with van der Waals surface area (Å²) in [6, 6.07) is 11.8. The number of aromatic nitrogens is 4. The van der Waals surface area contributed by atoms with Gasteiger partial charge in [-0.05, 0) is 24.6 Å². The third-order valence-corrected chi connectivity index (χ3v) is 4.02. The van der Waals surface area contributed by atoms with Crippen LogP contribution in [0.1, 0.15) is 5.56 Å². The second kappa shape index (κ2) is 4.28. The van der Waals surface area contributed by atoms with Crippen molar-refractivity contribution < 1.29 is 4.42 Å². The number of hydrogen-bond acceptors (Lipinski definition) is 5. The summed E-state index contributed by atoms with van der Waals surface area (Å²) in [6.07, 6.45) is 1.64. The lowest BCUT2D eigenvalue weighted by molar-refractivity contribution is 0.580. The van der Waals surface area contributed by atoms with E-state index in [1.54, 1.807) is 10.8 Å². The molecule has 5 nitrogen and oxygen atoms in total. The highest BCUT2D eigenvalue weighted by atomic mass is 32.1. The Morgan fingerprint density at radius 1 is 1.10 bits per heavy atom. The SMILES string of the molecule is Cc1ccccc1-c1nnc2sc(-c3ccco3)nn12. The number of nitrogens with zero attached hydrogens (tertiary/aromatic N) is 4. The van der Waals surface area contributed by atoms with E-state index in [-0.39, 0.29) is 0 Å². The first-order valence-corrected chi connectivity index (χ1v) is 6.97. The van der Waals surface area contributed by atoms with Crippen molar-refractivity contribution in [3.63, 3.8) is 0 Å². The molecule has 0 unspecified atom stereocenters. The predicted octanol–water partition coefficient (Wildman–Crippen LogP) is 3.42. The van der Waals surface area contributed by atoms with Gasteiger partial charge in [-0.1, -0.05) is 35.6 Å². The van der Waals surface area contributed by atoms with Crippen molar-refractivity contribution in [2.24, 2.45) is 0 Å². The molecule has 3 aromatic heterocycles. The average Bonchev–Trinajstić information content (AvgIpc) is 3.15. The largest absolute Gasteiger partial charge is 0.462 e. The number of fused-ring (bicyclic) bond motifs is 1. The van der Waals surface area contributed by atoms with Gasteiger partial charge in [0.15, 0.2) is 16.6 Å². The molecule has 20 heavy (non-hydrogen) atoms. The van der Waals surface area contributed by atoms with Crippen LogP contribution in [0.2, 0.25) is 0 Å². The Kier molecular flexibility index (Phi) is 2.43. The molecular formula is C14H10N4OS. The smallest absolute Gasteiger partial charge is 0.235 e. The zero-order valence-corrected chi connectivity index (χ0v) is 11.5. The Bertz CT molecular complexity index is 876. The quantitative estimate of drug-likeness (QED) is 0.565. The summed E-state index contributed by atoms with van der Waals surface area (Å²) in [7, 11) is 0. The van der Waals surface area contributed by atoms with Crippen LogP contribution in [0.15, 0.2) is 47.1 Å². The molecule has 1 aromatic carbocycles. The second-order valence-electron chi connectivity index (χ2n) is 4.42. The standard InChI is InChI=1S/C14H10N4OS/c1-9-5-2-3-6-10(9)12-15-16-14-18(12)17-13(20-14)11-7-4-8-19-11/h2-8H,1H3. The normalized spacial score (nSPS) is 11.2. The summed E-state index contributed by atoms with van der Waals surface area (Å²) >= 11 is 1.46. The first-order chi connectivity index (χ1) is 9.83. The van der Waals surface area contributed by atoms with E-state index >= 15 is 0 Å². The highest BCUT2D eigenvalue weighted by Crippen LogP contribution is 2.29. The molecule has 6 heteroatoms. The van der Waals surface area contributed by atoms with Gasteiger partial charge in [-0.25, -0.2) is 0 Å². The summed E-state index contributed by atoms with van der Waals surface area (Å²) in [5, 5.41) is 13.8. The molecule has 0 amide bonds. The molecule has 98 valence electrons. The predicted molar refractivity (Wildman–Crippen MR) is 76.5 cm³/mol. The van der Waals surface area contributed by atoms with Crippen LogP contribution >= 0.6 is 11.3 Å². The molecular weight excluding hydrogens is 272 g/mol. The average molecular weight is 282 g/mol. The lowest BCUT2D eigenvalue weighted by atomic mass is 10.1. The Morgan fingerprint density at radius 3 is 2.80 bits per heavy atom. The topological polar surface area (TPSA) is 56.2 Å². The van der Waals surface area contributed by atoms with Crippen molar-refractivity contribution in [3.8, 4) is 22.2 Å². The molecule has 0 bridgehead atoms. The highest BCUT2D eigenvalue weighted by Gasteiger charge is 2.16. The number of rotatable bonds is 2. The van der Waals surface area contributed by atoms with Crippen molar-refractivity contribution >= 4 is 16.3 Å². The Balaban J connectivity index is 1.92. The van der Waals surface area contributed by atoms with Gasteiger partial charge in [-0.3, -0.25) is 0 Å². The Labute approximate surface area is 118 Å². The summed E-state index contributed by atoms with van der Waals surface area (Å²) < 4.78 is 7.14. The minimum absolute atomic E-state index is 0.747. The van der Waals surface area contributed by atoms with E-state index in [2.05, 4.69) is 28.3 Å². The van der Waals surface area contributed by atoms with Gasteiger partial charge in [0, 0.05) is 5.56 Å². The second-order valence-corrected chi connectivity index (χ2v) is 5.37. The van der Waals surface area contributed by atoms with Crippen molar-refractivity contribution in [3.05, 3.63) is 48.2 Å². The maximum absolute atomic E-state index is 5.37. The molecule has 4 aromatic rings. The minimum atomic E-state index is 0.747. The zero-order valence-electron chi connectivity index (χ0n) is 10.6. The van der Waals surface area contributed by atoms with Gasteiger partial charge in [0.25, 0.3) is 0 Å². The van der Waals surface area contributed by atoms with Gasteiger partial charge in [-0.2, -0.15) is 4.52 Å². The molecule has 4 rings (SSSR count). The van der Waals surface area contributed by atoms with Gasteiger partial charge >= 0.3 is 0 Å². The van der Waals surface area contributed by atoms with Crippen LogP contribution in [0.3, 0.4) is 0 Å². The molecule has 0 N–H and O–H groups in total. The summed E-state index contributed by atoms with van der Waals surface area (Å²) in [5.74, 6) is 1.50. The van der Waals surface area contributed by atoms with Gasteiger partial charge in [0.05, 0.1) is 6.26 Å². The van der Waals surface area contributed by atoms with Gasteiger partial charge in [-0.15, -0.1) is 15.3 Å². The minimum Gasteiger partial charge on any atom is -0.462 e. The number of aryl methyl sites for hydroxylation is 1. The first-order valence-electron chi connectivity index (χ1n) is 6.15. The summed E-state index contributed by atoms with van der Waals surface area (Å²) in [4.78, 5) is 0.759. The van der Waals surface area contributed by atoms with Crippen LogP contribution in [0.5, 0.6) is 0 Å². The van der Waals surface area contributed by atoms with E-state index in [0.29, 0.717) is 0 Å². The molecule has 0 saturated carbocycles. The lowest BCUT2D eigenvalue weighted by Crippen LogP contribution is -1.92. The molecule has 0 fully saturated rings. The van der Waals surface area contributed by atoms with Crippen molar-refractivity contribution in [2.75, 3.05) is 0 Å². The van der Waals surface area contributed by atoms with Crippen LogP contribution < -0.4 is 0 Å². The van der Waals surface area contributed by atoms with E-state index in [1.165, 1.54) is 11.3 Å². The molecule has 0 spiro atoms. The monoisotopic (exact) mass is 282 g/mol. The van der Waals surface area contributed by atoms with Crippen LogP contribution in [-0.4, -0.2) is 19.8 Å². The van der Waals surface area contributed by atoms with E-state index in [4.69, 9.17) is 4.42 Å². The first kappa shape index (κ1) is 11.4. The third-order valence-electron chi connectivity index (χ3n) is 3.11. The fourth-order valence-electron chi connectivity index (χ4n) is 2.11. The molecule has 0 aliphatic heterocycles. The number of benzene rings is 1. The molecule has 0 aliphatic rings. The van der Waals surface area contributed by atoms with Crippen LogP contribution in [0.25, 0.3) is 27.1 Å². The van der Waals surface area contributed by atoms with Gasteiger partial charge in [0.2, 0.25) is 4.96 Å². The highest BCUT2D eigenvalue weighted by molar-refractivity contribution is 7.19. The van der Waals surface area contributed by atoms with E-state index < -0.39 is 0 Å². The van der Waals surface area contributed by atoms with E-state index in [9.17, 15) is 0 Å². The summed E-state index contributed by atoms with van der Waals surface area (Å²) in [6.45, 7) is 2.05. The summed E-state index contributed by atoms with van der Waals surface area (Å²) in [5.41, 5.74) is 2.19. The Hall–Kier alpha value is -2.47. The number of hydrogen-bond donors (Lipinski definition) is 0. The fourth-order valence-corrected chi connectivity index (χ4v) is 2.92. The maximum atomic E-state index is 5.37.